The molecule has 0 spiro atoms. The van der Waals surface area contributed by atoms with E-state index < -0.39 is 11.7 Å². The predicted octanol–water partition coefficient (Wildman–Crippen LogP) is 4.19. The molecular weight excluding hydrogens is 328 g/mol. The molecule has 2 aromatic carbocycles. The average molecular weight is 352 g/mol. The van der Waals surface area contributed by atoms with Crippen LogP contribution < -0.4 is 11.1 Å². The maximum atomic E-state index is 12.0. The van der Waals surface area contributed by atoms with Crippen molar-refractivity contribution in [1.29, 1.82) is 0 Å². The largest absolute Gasteiger partial charge is 0.444 e. The molecule has 0 aliphatic heterocycles. The van der Waals surface area contributed by atoms with Crippen molar-refractivity contribution in [3.8, 4) is 5.69 Å². The summed E-state index contributed by atoms with van der Waals surface area (Å²) in [5.41, 5.74) is 8.34. The van der Waals surface area contributed by atoms with Gasteiger partial charge in [-0.15, -0.1) is 0 Å². The van der Waals surface area contributed by atoms with Gasteiger partial charge in [-0.3, -0.25) is 0 Å². The number of carbonyl (C=O) groups is 1. The fourth-order valence-electron chi connectivity index (χ4n) is 2.73. The number of nitrogens with one attached hydrogen (secondary N) is 1. The Morgan fingerprint density at radius 2 is 1.88 bits per heavy atom. The molecule has 6 heteroatoms. The van der Waals surface area contributed by atoms with Crippen molar-refractivity contribution in [2.75, 3.05) is 5.73 Å². The van der Waals surface area contributed by atoms with E-state index in [1.807, 2.05) is 76.2 Å². The standard InChI is InChI=1S/C20H24N4O2/c1-13(22-19(25)26-20(2,3)4)14-10-11-16-17(12-14)23-24(18(16)21)15-8-6-5-7-9-15/h5-13H,21H2,1-4H3,(H,22,25)/t13-/m1/s1. The van der Waals surface area contributed by atoms with E-state index in [1.54, 1.807) is 4.68 Å². The van der Waals surface area contributed by atoms with Crippen LogP contribution in [0, 0.1) is 0 Å². The van der Waals surface area contributed by atoms with E-state index in [9.17, 15) is 4.79 Å². The summed E-state index contributed by atoms with van der Waals surface area (Å²) in [7, 11) is 0. The second kappa shape index (κ2) is 6.71. The van der Waals surface area contributed by atoms with Crippen LogP contribution in [0.1, 0.15) is 39.3 Å². The number of anilines is 1. The quantitative estimate of drug-likeness (QED) is 0.740. The van der Waals surface area contributed by atoms with Gasteiger partial charge in [0.25, 0.3) is 0 Å². The Hall–Kier alpha value is -3.02. The highest BCUT2D eigenvalue weighted by Crippen LogP contribution is 2.26. The minimum atomic E-state index is -0.531. The van der Waals surface area contributed by atoms with E-state index in [4.69, 9.17) is 10.5 Å². The first-order valence-corrected chi connectivity index (χ1v) is 8.58. The first-order valence-electron chi connectivity index (χ1n) is 8.58. The SMILES string of the molecule is C[C@@H](NC(=O)OC(C)(C)C)c1ccc2c(N)n(-c3ccccc3)nc2c1. The molecule has 1 atom stereocenters. The van der Waals surface area contributed by atoms with Crippen LogP contribution in [-0.2, 0) is 4.74 Å². The Morgan fingerprint density at radius 1 is 1.19 bits per heavy atom. The summed E-state index contributed by atoms with van der Waals surface area (Å²) in [6.45, 7) is 7.41. The minimum Gasteiger partial charge on any atom is -0.444 e. The maximum absolute atomic E-state index is 12.0. The lowest BCUT2D eigenvalue weighted by Crippen LogP contribution is -2.34. The number of para-hydroxylation sites is 1. The molecule has 136 valence electrons. The summed E-state index contributed by atoms with van der Waals surface area (Å²) in [4.78, 5) is 12.0. The number of carbonyl (C=O) groups excluding carboxylic acids is 1. The van der Waals surface area contributed by atoms with E-state index in [0.717, 1.165) is 22.2 Å². The number of hydrogen-bond donors (Lipinski definition) is 2. The number of hydrogen-bond acceptors (Lipinski definition) is 4. The average Bonchev–Trinajstić information content (AvgIpc) is 2.90. The summed E-state index contributed by atoms with van der Waals surface area (Å²) in [5.74, 6) is 0.588. The Morgan fingerprint density at radius 3 is 2.54 bits per heavy atom. The van der Waals surface area contributed by atoms with Crippen LogP contribution in [0.25, 0.3) is 16.6 Å². The fraction of sp³-hybridized carbons (Fsp3) is 0.300. The van der Waals surface area contributed by atoms with Crippen molar-refractivity contribution in [2.45, 2.75) is 39.3 Å². The molecule has 0 saturated carbocycles. The van der Waals surface area contributed by atoms with E-state index in [2.05, 4.69) is 10.4 Å². The number of rotatable bonds is 3. The molecule has 1 aromatic heterocycles. The summed E-state index contributed by atoms with van der Waals surface area (Å²) in [6, 6.07) is 15.3. The van der Waals surface area contributed by atoms with E-state index in [0.29, 0.717) is 5.82 Å². The van der Waals surface area contributed by atoms with E-state index in [-0.39, 0.29) is 6.04 Å². The van der Waals surface area contributed by atoms with Gasteiger partial charge in [0.2, 0.25) is 0 Å². The molecule has 0 saturated heterocycles. The molecule has 0 aliphatic carbocycles. The molecule has 0 bridgehead atoms. The van der Waals surface area contributed by atoms with Crippen LogP contribution in [0.15, 0.2) is 48.5 Å². The van der Waals surface area contributed by atoms with Gasteiger partial charge in [0.1, 0.15) is 11.4 Å². The highest BCUT2D eigenvalue weighted by atomic mass is 16.6. The summed E-state index contributed by atoms with van der Waals surface area (Å²) in [6.07, 6.45) is -0.445. The van der Waals surface area contributed by atoms with Crippen LogP contribution in [0.3, 0.4) is 0 Å². The van der Waals surface area contributed by atoms with Crippen molar-refractivity contribution in [2.24, 2.45) is 0 Å². The van der Waals surface area contributed by atoms with Gasteiger partial charge in [-0.1, -0.05) is 24.3 Å². The molecule has 3 N–H and O–H groups in total. The first kappa shape index (κ1) is 17.8. The number of nitrogens with two attached hydrogens (primary N) is 1. The highest BCUT2D eigenvalue weighted by molar-refractivity contribution is 5.90. The van der Waals surface area contributed by atoms with Crippen LogP contribution in [0.5, 0.6) is 0 Å². The molecule has 0 radical (unpaired) electrons. The smallest absolute Gasteiger partial charge is 0.408 e. The number of ether oxygens (including phenoxy) is 1. The predicted molar refractivity (Wildman–Crippen MR) is 103 cm³/mol. The molecule has 1 heterocycles. The lowest BCUT2D eigenvalue weighted by Gasteiger charge is -2.22. The zero-order chi connectivity index (χ0) is 18.9. The number of nitrogen functional groups attached to an aromatic ring is 1. The minimum absolute atomic E-state index is 0.211. The summed E-state index contributed by atoms with van der Waals surface area (Å²) in [5, 5.41) is 8.33. The van der Waals surface area contributed by atoms with Crippen LogP contribution in [0.2, 0.25) is 0 Å². The Kier molecular flexibility index (Phi) is 4.59. The normalized spacial score (nSPS) is 12.8. The second-order valence-corrected chi connectivity index (χ2v) is 7.28. The molecule has 0 fully saturated rings. The number of benzene rings is 2. The fourth-order valence-corrected chi connectivity index (χ4v) is 2.73. The van der Waals surface area contributed by atoms with Crippen LogP contribution in [-0.4, -0.2) is 21.5 Å². The lowest BCUT2D eigenvalue weighted by molar-refractivity contribution is 0.0508. The molecule has 0 aliphatic rings. The molecular formula is C20H24N4O2. The van der Waals surface area contributed by atoms with Gasteiger partial charge < -0.3 is 15.8 Å². The lowest BCUT2D eigenvalue weighted by atomic mass is 10.1. The zero-order valence-electron chi connectivity index (χ0n) is 15.5. The van der Waals surface area contributed by atoms with Crippen molar-refractivity contribution >= 4 is 22.8 Å². The number of amides is 1. The monoisotopic (exact) mass is 352 g/mol. The Labute approximate surface area is 152 Å². The third kappa shape index (κ3) is 3.79. The number of alkyl carbamates (subject to hydrolysis) is 1. The molecule has 6 nitrogen and oxygen atoms in total. The van der Waals surface area contributed by atoms with Gasteiger partial charge in [0, 0.05) is 5.39 Å². The van der Waals surface area contributed by atoms with Crippen LogP contribution >= 0.6 is 0 Å². The van der Waals surface area contributed by atoms with Gasteiger partial charge in [0.05, 0.1) is 17.2 Å². The maximum Gasteiger partial charge on any atom is 0.408 e. The Balaban J connectivity index is 1.86. The number of fused-ring (bicyclic) bond motifs is 1. The third-order valence-corrected chi connectivity index (χ3v) is 3.97. The molecule has 0 unspecified atom stereocenters. The van der Waals surface area contributed by atoms with Crippen molar-refractivity contribution in [1.82, 2.24) is 15.1 Å². The highest BCUT2D eigenvalue weighted by Gasteiger charge is 2.19. The van der Waals surface area contributed by atoms with Crippen LogP contribution in [0.4, 0.5) is 10.6 Å². The zero-order valence-corrected chi connectivity index (χ0v) is 15.5. The number of nitrogens with zero attached hydrogens (tertiary/aromatic N) is 2. The van der Waals surface area contributed by atoms with Crippen molar-refractivity contribution in [3.63, 3.8) is 0 Å². The van der Waals surface area contributed by atoms with Crippen molar-refractivity contribution in [3.05, 3.63) is 54.1 Å². The van der Waals surface area contributed by atoms with Gasteiger partial charge in [-0.2, -0.15) is 5.10 Å². The molecule has 1 amide bonds. The topological polar surface area (TPSA) is 82.2 Å². The molecule has 26 heavy (non-hydrogen) atoms. The van der Waals surface area contributed by atoms with E-state index >= 15 is 0 Å². The van der Waals surface area contributed by atoms with Gasteiger partial charge >= 0.3 is 6.09 Å². The molecule has 3 aromatic rings. The van der Waals surface area contributed by atoms with Gasteiger partial charge in [-0.05, 0) is 57.5 Å². The number of aromatic nitrogens is 2. The third-order valence-electron chi connectivity index (χ3n) is 3.97. The van der Waals surface area contributed by atoms with Gasteiger partial charge in [0.15, 0.2) is 0 Å². The molecule has 3 rings (SSSR count). The second-order valence-electron chi connectivity index (χ2n) is 7.28. The van der Waals surface area contributed by atoms with Crippen molar-refractivity contribution < 1.29 is 9.53 Å². The first-order chi connectivity index (χ1) is 12.2. The summed E-state index contributed by atoms with van der Waals surface area (Å²) >= 11 is 0. The Bertz CT molecular complexity index is 926. The summed E-state index contributed by atoms with van der Waals surface area (Å²) < 4.78 is 7.03. The van der Waals surface area contributed by atoms with E-state index in [1.165, 1.54) is 0 Å². The van der Waals surface area contributed by atoms with Gasteiger partial charge in [-0.25, -0.2) is 9.48 Å².